The van der Waals surface area contributed by atoms with Gasteiger partial charge in [-0.25, -0.2) is 0 Å². The van der Waals surface area contributed by atoms with Crippen molar-refractivity contribution in [1.82, 2.24) is 14.8 Å². The van der Waals surface area contributed by atoms with Crippen LogP contribution in [0.5, 0.6) is 5.75 Å². The first kappa shape index (κ1) is 25.1. The zero-order valence-electron chi connectivity index (χ0n) is 19.2. The van der Waals surface area contributed by atoms with Crippen molar-refractivity contribution in [2.45, 2.75) is 37.3 Å². The Morgan fingerprint density at radius 2 is 1.74 bits per heavy atom. The summed E-state index contributed by atoms with van der Waals surface area (Å²) in [6, 6.07) is 4.33. The Labute approximate surface area is 199 Å². The van der Waals surface area contributed by atoms with Crippen LogP contribution in [0.3, 0.4) is 0 Å². The van der Waals surface area contributed by atoms with E-state index in [4.69, 9.17) is 4.74 Å². The molecule has 0 spiro atoms. The summed E-state index contributed by atoms with van der Waals surface area (Å²) in [5.41, 5.74) is -1.06. The van der Waals surface area contributed by atoms with Crippen LogP contribution >= 0.6 is 0 Å². The number of hydrogen-bond acceptors (Lipinski definition) is 4. The van der Waals surface area contributed by atoms with Crippen LogP contribution in [0.1, 0.15) is 41.3 Å². The molecule has 0 bridgehead atoms. The van der Waals surface area contributed by atoms with Crippen molar-refractivity contribution < 1.29 is 31.1 Å². The number of ether oxygens (including phenoxy) is 1. The summed E-state index contributed by atoms with van der Waals surface area (Å²) >= 11 is 0. The summed E-state index contributed by atoms with van der Waals surface area (Å²) < 4.78 is 87.1. The van der Waals surface area contributed by atoms with Gasteiger partial charge in [0.15, 0.2) is 0 Å². The lowest BCUT2D eigenvalue weighted by Crippen LogP contribution is -2.33. The van der Waals surface area contributed by atoms with Gasteiger partial charge in [-0.05, 0) is 55.8 Å². The first-order chi connectivity index (χ1) is 16.5. The number of hydrogen-bond donors (Lipinski definition) is 0. The Balaban J connectivity index is 1.86. The first-order valence-corrected chi connectivity index (χ1v) is 11.1. The number of aromatic nitrogens is 1. The van der Waals surface area contributed by atoms with Crippen LogP contribution in [0.25, 0.3) is 0 Å². The molecule has 4 nitrogen and oxygen atoms in total. The van der Waals surface area contributed by atoms with E-state index in [2.05, 4.69) is 9.88 Å². The van der Waals surface area contributed by atoms with Crippen LogP contribution in [-0.2, 0) is 12.4 Å². The number of benzene rings is 1. The maximum absolute atomic E-state index is 14.2. The third kappa shape index (κ3) is 5.17. The van der Waals surface area contributed by atoms with Crippen LogP contribution in [0.15, 0.2) is 60.5 Å². The SMILES string of the molecule is COc1ccnc(C(c2ccc(C(F)(F)F)cc2)N2C=C([C@@H]3CCCN3C)C=CC2)c1C(F)(F)F. The zero-order chi connectivity index (χ0) is 25.4. The molecule has 1 saturated heterocycles. The number of likely N-dealkylation sites (N-methyl/N-ethyl adjacent to an activating group) is 1. The molecule has 0 radical (unpaired) electrons. The highest BCUT2D eigenvalue weighted by atomic mass is 19.4. The summed E-state index contributed by atoms with van der Waals surface area (Å²) in [6.07, 6.45) is -0.606. The smallest absolute Gasteiger partial charge is 0.421 e. The normalized spacial score (nSPS) is 20.2. The van der Waals surface area contributed by atoms with E-state index in [0.29, 0.717) is 0 Å². The number of nitrogens with zero attached hydrogens (tertiary/aromatic N) is 3. The first-order valence-electron chi connectivity index (χ1n) is 11.1. The van der Waals surface area contributed by atoms with Gasteiger partial charge in [-0.15, -0.1) is 0 Å². The number of pyridine rings is 1. The quantitative estimate of drug-likeness (QED) is 0.469. The Kier molecular flexibility index (Phi) is 6.86. The summed E-state index contributed by atoms with van der Waals surface area (Å²) in [4.78, 5) is 7.96. The lowest BCUT2D eigenvalue weighted by molar-refractivity contribution is -0.140. The number of alkyl halides is 6. The van der Waals surface area contributed by atoms with Gasteiger partial charge in [-0.1, -0.05) is 24.3 Å². The van der Waals surface area contributed by atoms with Crippen molar-refractivity contribution in [1.29, 1.82) is 0 Å². The molecule has 10 heteroatoms. The van der Waals surface area contributed by atoms with Crippen molar-refractivity contribution in [3.05, 3.63) is 82.8 Å². The molecule has 1 aromatic heterocycles. The van der Waals surface area contributed by atoms with Gasteiger partial charge in [-0.2, -0.15) is 26.3 Å². The minimum Gasteiger partial charge on any atom is -0.496 e. The Morgan fingerprint density at radius 1 is 1.03 bits per heavy atom. The van der Waals surface area contributed by atoms with E-state index in [1.807, 2.05) is 19.2 Å². The largest absolute Gasteiger partial charge is 0.496 e. The summed E-state index contributed by atoms with van der Waals surface area (Å²) in [5, 5.41) is 0. The number of methoxy groups -OCH3 is 1. The fourth-order valence-corrected chi connectivity index (χ4v) is 4.79. The standard InChI is InChI=1S/C25H25F6N3O/c1-33-13-4-6-19(33)17-5-3-14-34(15-17)23(16-7-9-18(10-8-16)24(26,27)28)22-21(25(29,30)31)20(35-2)11-12-32-22/h3,5,7-12,15,19,23H,4,6,13-14H2,1-2H3/t19-,23?/m0/s1. The lowest BCUT2D eigenvalue weighted by Gasteiger charge is -2.35. The van der Waals surface area contributed by atoms with Gasteiger partial charge < -0.3 is 9.64 Å². The molecule has 1 unspecified atom stereocenters. The van der Waals surface area contributed by atoms with Gasteiger partial charge in [0.1, 0.15) is 11.3 Å². The molecule has 3 heterocycles. The van der Waals surface area contributed by atoms with Gasteiger partial charge in [0, 0.05) is 25.0 Å². The zero-order valence-corrected chi connectivity index (χ0v) is 19.2. The van der Waals surface area contributed by atoms with Crippen LogP contribution in [0.4, 0.5) is 26.3 Å². The Morgan fingerprint density at radius 3 is 2.31 bits per heavy atom. The number of likely N-dealkylation sites (tertiary alicyclic amines) is 1. The molecule has 35 heavy (non-hydrogen) atoms. The Hall–Kier alpha value is -3.01. The van der Waals surface area contributed by atoms with Crippen molar-refractivity contribution in [3.8, 4) is 5.75 Å². The third-order valence-corrected chi connectivity index (χ3v) is 6.44. The van der Waals surface area contributed by atoms with Gasteiger partial charge >= 0.3 is 12.4 Å². The maximum atomic E-state index is 14.2. The lowest BCUT2D eigenvalue weighted by atomic mass is 9.94. The topological polar surface area (TPSA) is 28.6 Å². The molecule has 2 aromatic rings. The van der Waals surface area contributed by atoms with Gasteiger partial charge in [0.2, 0.25) is 0 Å². The van der Waals surface area contributed by atoms with Crippen LogP contribution in [0.2, 0.25) is 0 Å². The second kappa shape index (κ2) is 9.56. The summed E-state index contributed by atoms with van der Waals surface area (Å²) in [5.74, 6) is -0.397. The van der Waals surface area contributed by atoms with Gasteiger partial charge in [-0.3, -0.25) is 9.88 Å². The minimum atomic E-state index is -4.79. The molecule has 188 valence electrons. The molecule has 0 amide bonds. The molecule has 1 fully saturated rings. The van der Waals surface area contributed by atoms with Crippen molar-refractivity contribution in [2.75, 3.05) is 27.2 Å². The fraction of sp³-hybridized carbons (Fsp3) is 0.400. The number of halogens is 6. The van der Waals surface area contributed by atoms with Crippen molar-refractivity contribution in [3.63, 3.8) is 0 Å². The molecule has 2 atom stereocenters. The fourth-order valence-electron chi connectivity index (χ4n) is 4.79. The van der Waals surface area contributed by atoms with Crippen LogP contribution < -0.4 is 4.74 Å². The molecule has 0 N–H and O–H groups in total. The third-order valence-electron chi connectivity index (χ3n) is 6.44. The summed E-state index contributed by atoms with van der Waals surface area (Å²) in [7, 11) is 3.13. The Bertz CT molecular complexity index is 1110. The van der Waals surface area contributed by atoms with E-state index in [1.165, 1.54) is 18.3 Å². The molecule has 2 aliphatic rings. The molecule has 0 saturated carbocycles. The van der Waals surface area contributed by atoms with E-state index < -0.39 is 35.3 Å². The monoisotopic (exact) mass is 497 g/mol. The minimum absolute atomic E-state index is 0.114. The maximum Gasteiger partial charge on any atom is 0.421 e. The predicted molar refractivity (Wildman–Crippen MR) is 119 cm³/mol. The molecule has 0 aliphatic carbocycles. The van der Waals surface area contributed by atoms with Crippen molar-refractivity contribution >= 4 is 0 Å². The molecule has 2 aliphatic heterocycles. The van der Waals surface area contributed by atoms with Crippen LogP contribution in [0, 0.1) is 0 Å². The van der Waals surface area contributed by atoms with E-state index in [0.717, 1.165) is 50.3 Å². The summed E-state index contributed by atoms with van der Waals surface area (Å²) in [6.45, 7) is 1.18. The average molecular weight is 497 g/mol. The van der Waals surface area contributed by atoms with E-state index >= 15 is 0 Å². The van der Waals surface area contributed by atoms with E-state index in [-0.39, 0.29) is 23.8 Å². The highest BCUT2D eigenvalue weighted by Crippen LogP contribution is 2.44. The van der Waals surface area contributed by atoms with Gasteiger partial charge in [0.25, 0.3) is 0 Å². The highest BCUT2D eigenvalue weighted by molar-refractivity contribution is 5.45. The van der Waals surface area contributed by atoms with Crippen LogP contribution in [-0.4, -0.2) is 48.1 Å². The van der Waals surface area contributed by atoms with Crippen molar-refractivity contribution in [2.24, 2.45) is 0 Å². The molecular weight excluding hydrogens is 472 g/mol. The molecular formula is C25H25F6N3O. The molecule has 1 aromatic carbocycles. The second-order valence-electron chi connectivity index (χ2n) is 8.66. The highest BCUT2D eigenvalue weighted by Gasteiger charge is 2.42. The van der Waals surface area contributed by atoms with E-state index in [9.17, 15) is 26.3 Å². The predicted octanol–water partition coefficient (Wildman–Crippen LogP) is 6.07. The number of rotatable bonds is 5. The average Bonchev–Trinajstić information content (AvgIpc) is 3.24. The molecule has 4 rings (SSSR count). The van der Waals surface area contributed by atoms with Gasteiger partial charge in [0.05, 0.1) is 24.4 Å². The van der Waals surface area contributed by atoms with E-state index in [1.54, 1.807) is 11.1 Å². The second-order valence-corrected chi connectivity index (χ2v) is 8.66.